The van der Waals surface area contributed by atoms with Crippen LogP contribution in [0.3, 0.4) is 0 Å². The van der Waals surface area contributed by atoms with Crippen LogP contribution in [-0.4, -0.2) is 32.1 Å². The van der Waals surface area contributed by atoms with Crippen LogP contribution in [0.15, 0.2) is 54.6 Å². The zero-order valence-corrected chi connectivity index (χ0v) is 13.4. The number of methoxy groups -OCH3 is 1. The Hall–Kier alpha value is -2.33. The van der Waals surface area contributed by atoms with Crippen LogP contribution < -0.4 is 10.2 Å². The molecule has 120 valence electrons. The van der Waals surface area contributed by atoms with E-state index in [4.69, 9.17) is 4.74 Å². The molecule has 1 N–H and O–H groups in total. The zero-order valence-electron chi connectivity index (χ0n) is 13.4. The second-order valence-electron chi connectivity index (χ2n) is 5.87. The highest BCUT2D eigenvalue weighted by Gasteiger charge is 2.24. The maximum absolute atomic E-state index is 12.4. The van der Waals surface area contributed by atoms with Gasteiger partial charge < -0.3 is 15.0 Å². The third-order valence-corrected chi connectivity index (χ3v) is 4.14. The first-order valence-electron chi connectivity index (χ1n) is 7.95. The predicted molar refractivity (Wildman–Crippen MR) is 91.7 cm³/mol. The Kier molecular flexibility index (Phi) is 4.93. The standard InChI is InChI=1S/C19H22N2O2/c1-23-14-15-6-5-7-16(12-15)19(22)20-17-10-11-21(13-17)18-8-3-2-4-9-18/h2-9,12,17H,10-11,13-14H2,1H3,(H,20,22)/t17-/m0/s1. The molecule has 2 aromatic carbocycles. The summed E-state index contributed by atoms with van der Waals surface area (Å²) >= 11 is 0. The van der Waals surface area contributed by atoms with Gasteiger partial charge in [-0.05, 0) is 36.2 Å². The van der Waals surface area contributed by atoms with Gasteiger partial charge in [-0.2, -0.15) is 0 Å². The normalized spacial score (nSPS) is 17.3. The van der Waals surface area contributed by atoms with Gasteiger partial charge in [-0.3, -0.25) is 4.79 Å². The zero-order chi connectivity index (χ0) is 16.1. The molecule has 1 aliphatic rings. The Morgan fingerprint density at radius 2 is 2.04 bits per heavy atom. The fourth-order valence-electron chi connectivity index (χ4n) is 2.99. The van der Waals surface area contributed by atoms with Crippen molar-refractivity contribution in [3.8, 4) is 0 Å². The first kappa shape index (κ1) is 15.6. The number of hydrogen-bond acceptors (Lipinski definition) is 3. The lowest BCUT2D eigenvalue weighted by Gasteiger charge is -2.19. The molecular weight excluding hydrogens is 288 g/mol. The second-order valence-corrected chi connectivity index (χ2v) is 5.87. The van der Waals surface area contributed by atoms with Crippen LogP contribution in [0.4, 0.5) is 5.69 Å². The minimum Gasteiger partial charge on any atom is -0.380 e. The molecule has 0 radical (unpaired) electrons. The summed E-state index contributed by atoms with van der Waals surface area (Å²) in [5, 5.41) is 3.14. The minimum atomic E-state index is -0.0112. The third-order valence-electron chi connectivity index (χ3n) is 4.14. The molecular formula is C19H22N2O2. The van der Waals surface area contributed by atoms with Crippen molar-refractivity contribution in [3.05, 3.63) is 65.7 Å². The highest BCUT2D eigenvalue weighted by Crippen LogP contribution is 2.20. The molecule has 1 aliphatic heterocycles. The molecule has 0 unspecified atom stereocenters. The van der Waals surface area contributed by atoms with E-state index in [1.165, 1.54) is 5.69 Å². The molecule has 2 aromatic rings. The number of nitrogens with one attached hydrogen (secondary N) is 1. The number of rotatable bonds is 5. The smallest absolute Gasteiger partial charge is 0.251 e. The Bertz CT molecular complexity index is 657. The summed E-state index contributed by atoms with van der Waals surface area (Å²) in [6, 6.07) is 18.1. The summed E-state index contributed by atoms with van der Waals surface area (Å²) in [6.45, 7) is 2.35. The number of anilines is 1. The average Bonchev–Trinajstić information content (AvgIpc) is 3.05. The molecule has 0 saturated carbocycles. The molecule has 3 rings (SSSR count). The lowest BCUT2D eigenvalue weighted by Crippen LogP contribution is -2.37. The fraction of sp³-hybridized carbons (Fsp3) is 0.316. The van der Waals surface area contributed by atoms with Gasteiger partial charge in [0.15, 0.2) is 0 Å². The molecule has 0 aliphatic carbocycles. The average molecular weight is 310 g/mol. The number of benzene rings is 2. The van der Waals surface area contributed by atoms with Crippen LogP contribution >= 0.6 is 0 Å². The van der Waals surface area contributed by atoms with Gasteiger partial charge >= 0.3 is 0 Å². The van der Waals surface area contributed by atoms with Crippen LogP contribution in [0.5, 0.6) is 0 Å². The third kappa shape index (κ3) is 3.90. The maximum atomic E-state index is 12.4. The Balaban J connectivity index is 1.60. The maximum Gasteiger partial charge on any atom is 0.251 e. The van der Waals surface area contributed by atoms with Crippen LogP contribution in [0, 0.1) is 0 Å². The molecule has 0 bridgehead atoms. The molecule has 1 saturated heterocycles. The van der Waals surface area contributed by atoms with Crippen molar-refractivity contribution in [2.45, 2.75) is 19.1 Å². The number of hydrogen-bond donors (Lipinski definition) is 1. The van der Waals surface area contributed by atoms with Crippen molar-refractivity contribution in [2.24, 2.45) is 0 Å². The summed E-state index contributed by atoms with van der Waals surface area (Å²) in [7, 11) is 1.66. The van der Waals surface area contributed by atoms with E-state index in [9.17, 15) is 4.79 Å². The van der Waals surface area contributed by atoms with E-state index in [1.54, 1.807) is 7.11 Å². The lowest BCUT2D eigenvalue weighted by molar-refractivity contribution is 0.0940. The molecule has 0 aromatic heterocycles. The second kappa shape index (κ2) is 7.29. The van der Waals surface area contributed by atoms with Gasteiger partial charge in [0.2, 0.25) is 0 Å². The number of ether oxygens (including phenoxy) is 1. The van der Waals surface area contributed by atoms with Crippen molar-refractivity contribution in [1.29, 1.82) is 0 Å². The van der Waals surface area contributed by atoms with Crippen LogP contribution in [0.1, 0.15) is 22.3 Å². The monoisotopic (exact) mass is 310 g/mol. The molecule has 4 nitrogen and oxygen atoms in total. The molecule has 1 heterocycles. The van der Waals surface area contributed by atoms with Crippen molar-refractivity contribution >= 4 is 11.6 Å². The van der Waals surface area contributed by atoms with E-state index in [2.05, 4.69) is 22.3 Å². The lowest BCUT2D eigenvalue weighted by atomic mass is 10.1. The van der Waals surface area contributed by atoms with E-state index in [0.29, 0.717) is 12.2 Å². The number of para-hydroxylation sites is 1. The summed E-state index contributed by atoms with van der Waals surface area (Å²) < 4.78 is 5.12. The molecule has 1 amide bonds. The van der Waals surface area contributed by atoms with Crippen molar-refractivity contribution in [1.82, 2.24) is 5.32 Å². The Morgan fingerprint density at radius 1 is 1.22 bits per heavy atom. The van der Waals surface area contributed by atoms with Gasteiger partial charge in [0.05, 0.1) is 6.61 Å². The molecule has 1 atom stereocenters. The fourth-order valence-corrected chi connectivity index (χ4v) is 2.99. The van der Waals surface area contributed by atoms with Crippen molar-refractivity contribution in [3.63, 3.8) is 0 Å². The largest absolute Gasteiger partial charge is 0.380 e. The van der Waals surface area contributed by atoms with Gasteiger partial charge in [0.25, 0.3) is 5.91 Å². The van der Waals surface area contributed by atoms with Crippen LogP contribution in [-0.2, 0) is 11.3 Å². The van der Waals surface area contributed by atoms with Crippen LogP contribution in [0.2, 0.25) is 0 Å². The molecule has 1 fully saturated rings. The highest BCUT2D eigenvalue weighted by atomic mass is 16.5. The van der Waals surface area contributed by atoms with Crippen LogP contribution in [0.25, 0.3) is 0 Å². The Morgan fingerprint density at radius 3 is 2.83 bits per heavy atom. The van der Waals surface area contributed by atoms with E-state index in [-0.39, 0.29) is 11.9 Å². The van der Waals surface area contributed by atoms with E-state index >= 15 is 0 Å². The van der Waals surface area contributed by atoms with Crippen molar-refractivity contribution < 1.29 is 9.53 Å². The Labute approximate surface area is 137 Å². The SMILES string of the molecule is COCc1cccc(C(=O)N[C@H]2CCN(c3ccccc3)C2)c1. The number of carbonyl (C=O) groups is 1. The van der Waals surface area contributed by atoms with Gasteiger partial charge in [-0.25, -0.2) is 0 Å². The van der Waals surface area contributed by atoms with Gasteiger partial charge in [0, 0.05) is 37.5 Å². The topological polar surface area (TPSA) is 41.6 Å². The van der Waals surface area contributed by atoms with Crippen molar-refractivity contribution in [2.75, 3.05) is 25.1 Å². The van der Waals surface area contributed by atoms with E-state index in [1.807, 2.05) is 42.5 Å². The number of carbonyl (C=O) groups excluding carboxylic acids is 1. The molecule has 4 heteroatoms. The minimum absolute atomic E-state index is 0.0112. The van der Waals surface area contributed by atoms with E-state index in [0.717, 1.165) is 25.1 Å². The summed E-state index contributed by atoms with van der Waals surface area (Å²) in [5.74, 6) is -0.0112. The quantitative estimate of drug-likeness (QED) is 0.923. The number of nitrogens with zero attached hydrogens (tertiary/aromatic N) is 1. The van der Waals surface area contributed by atoms with Gasteiger partial charge in [-0.1, -0.05) is 30.3 Å². The van der Waals surface area contributed by atoms with Gasteiger partial charge in [0.1, 0.15) is 0 Å². The number of amides is 1. The molecule has 23 heavy (non-hydrogen) atoms. The van der Waals surface area contributed by atoms with E-state index < -0.39 is 0 Å². The first-order chi connectivity index (χ1) is 11.3. The first-order valence-corrected chi connectivity index (χ1v) is 7.95. The predicted octanol–water partition coefficient (Wildman–Crippen LogP) is 2.84. The summed E-state index contributed by atoms with van der Waals surface area (Å²) in [6.07, 6.45) is 0.971. The summed E-state index contributed by atoms with van der Waals surface area (Å²) in [5.41, 5.74) is 2.92. The highest BCUT2D eigenvalue weighted by molar-refractivity contribution is 5.94. The summed E-state index contributed by atoms with van der Waals surface area (Å²) in [4.78, 5) is 14.7. The van der Waals surface area contributed by atoms with Gasteiger partial charge in [-0.15, -0.1) is 0 Å². The molecule has 0 spiro atoms.